The third kappa shape index (κ3) is 3.04. The van der Waals surface area contributed by atoms with Crippen LogP contribution in [0.15, 0.2) is 16.7 Å². The number of aryl methyl sites for hydroxylation is 1. The maximum absolute atomic E-state index is 9.67. The molecule has 0 unspecified atom stereocenters. The fourth-order valence-electron chi connectivity index (χ4n) is 2.63. The van der Waals surface area contributed by atoms with Gasteiger partial charge in [-0.1, -0.05) is 19.3 Å². The molecule has 1 fully saturated rings. The monoisotopic (exact) mass is 312 g/mol. The number of hydrogen-bond donors (Lipinski definition) is 2. The average molecular weight is 313 g/mol. The Kier molecular flexibility index (Phi) is 4.62. The molecule has 1 aliphatic carbocycles. The van der Waals surface area contributed by atoms with Gasteiger partial charge >= 0.3 is 0 Å². The maximum Gasteiger partial charge on any atom is 0.140 e. The van der Waals surface area contributed by atoms with Crippen LogP contribution in [0, 0.1) is 12.3 Å². The summed E-state index contributed by atoms with van der Waals surface area (Å²) in [5.74, 6) is 0.883. The molecule has 0 atom stereocenters. The van der Waals surface area contributed by atoms with E-state index in [1.807, 2.05) is 12.3 Å². The first-order chi connectivity index (χ1) is 8.67. The van der Waals surface area contributed by atoms with Crippen LogP contribution in [0.4, 0.5) is 5.82 Å². The second-order valence-electron chi connectivity index (χ2n) is 5.36. The number of rotatable bonds is 4. The van der Waals surface area contributed by atoms with Crippen LogP contribution < -0.4 is 5.32 Å². The number of aliphatic hydroxyl groups excluding tert-OH is 1. The van der Waals surface area contributed by atoms with Crippen molar-refractivity contribution in [1.82, 2.24) is 4.98 Å². The van der Waals surface area contributed by atoms with Gasteiger partial charge in [-0.05, 0) is 47.3 Å². The van der Waals surface area contributed by atoms with E-state index in [0.717, 1.165) is 29.7 Å². The lowest BCUT2D eigenvalue weighted by Gasteiger charge is -2.36. The zero-order valence-corrected chi connectivity index (χ0v) is 12.5. The second-order valence-corrected chi connectivity index (χ2v) is 6.16. The van der Waals surface area contributed by atoms with Crippen molar-refractivity contribution in [2.75, 3.05) is 18.5 Å². The number of anilines is 1. The highest BCUT2D eigenvalue weighted by atomic mass is 79.9. The lowest BCUT2D eigenvalue weighted by molar-refractivity contribution is 0.0943. The Morgan fingerprint density at radius 3 is 2.78 bits per heavy atom. The quantitative estimate of drug-likeness (QED) is 0.894. The van der Waals surface area contributed by atoms with Crippen molar-refractivity contribution in [3.05, 3.63) is 22.3 Å². The molecule has 4 heteroatoms. The highest BCUT2D eigenvalue weighted by molar-refractivity contribution is 9.10. The van der Waals surface area contributed by atoms with E-state index in [0.29, 0.717) is 0 Å². The second kappa shape index (κ2) is 6.02. The van der Waals surface area contributed by atoms with Crippen LogP contribution in [0.3, 0.4) is 0 Å². The summed E-state index contributed by atoms with van der Waals surface area (Å²) in [6.45, 7) is 3.13. The van der Waals surface area contributed by atoms with Crippen molar-refractivity contribution in [2.24, 2.45) is 5.41 Å². The predicted molar refractivity (Wildman–Crippen MR) is 77.8 cm³/mol. The van der Waals surface area contributed by atoms with E-state index >= 15 is 0 Å². The van der Waals surface area contributed by atoms with Gasteiger partial charge in [-0.15, -0.1) is 0 Å². The summed E-state index contributed by atoms with van der Waals surface area (Å²) in [7, 11) is 0. The molecule has 0 amide bonds. The van der Waals surface area contributed by atoms with E-state index in [2.05, 4.69) is 33.2 Å². The number of aliphatic hydroxyl groups is 1. The molecule has 3 nitrogen and oxygen atoms in total. The molecule has 0 aromatic carbocycles. The molecule has 100 valence electrons. The van der Waals surface area contributed by atoms with Crippen LogP contribution in [0.1, 0.15) is 37.7 Å². The Morgan fingerprint density at radius 1 is 1.39 bits per heavy atom. The number of aromatic nitrogens is 1. The van der Waals surface area contributed by atoms with Gasteiger partial charge in [-0.25, -0.2) is 4.98 Å². The van der Waals surface area contributed by atoms with Crippen molar-refractivity contribution < 1.29 is 5.11 Å². The van der Waals surface area contributed by atoms with Gasteiger partial charge in [-0.2, -0.15) is 0 Å². The molecule has 18 heavy (non-hydrogen) atoms. The number of halogens is 1. The van der Waals surface area contributed by atoms with Gasteiger partial charge < -0.3 is 10.4 Å². The molecule has 0 saturated heterocycles. The van der Waals surface area contributed by atoms with Gasteiger partial charge in [0.15, 0.2) is 0 Å². The largest absolute Gasteiger partial charge is 0.396 e. The third-order valence-electron chi connectivity index (χ3n) is 3.96. The minimum Gasteiger partial charge on any atom is -0.396 e. The lowest BCUT2D eigenvalue weighted by atomic mass is 9.74. The first kappa shape index (κ1) is 13.8. The van der Waals surface area contributed by atoms with Gasteiger partial charge in [0.05, 0.1) is 11.1 Å². The summed E-state index contributed by atoms with van der Waals surface area (Å²) >= 11 is 3.56. The van der Waals surface area contributed by atoms with E-state index in [9.17, 15) is 5.11 Å². The summed E-state index contributed by atoms with van der Waals surface area (Å²) in [6, 6.07) is 1.98. The van der Waals surface area contributed by atoms with E-state index < -0.39 is 0 Å². The van der Waals surface area contributed by atoms with E-state index in [1.54, 1.807) is 0 Å². The Hall–Kier alpha value is -0.610. The predicted octanol–water partition coefficient (Wildman–Crippen LogP) is 3.51. The van der Waals surface area contributed by atoms with Gasteiger partial charge in [0.2, 0.25) is 0 Å². The normalized spacial score (nSPS) is 18.6. The minimum absolute atomic E-state index is 0.0448. The molecule has 0 aliphatic heterocycles. The topological polar surface area (TPSA) is 45.2 Å². The smallest absolute Gasteiger partial charge is 0.140 e. The molecule has 0 radical (unpaired) electrons. The Morgan fingerprint density at radius 2 is 2.11 bits per heavy atom. The van der Waals surface area contributed by atoms with Gasteiger partial charge in [0, 0.05) is 18.2 Å². The summed E-state index contributed by atoms with van der Waals surface area (Å²) in [6.07, 6.45) is 7.79. The lowest BCUT2D eigenvalue weighted by Crippen LogP contribution is -2.35. The standard InChI is InChI=1S/C14H21BrN2O/c1-11-5-8-16-13(12(11)15)17-9-14(10-18)6-3-2-4-7-14/h5,8,18H,2-4,6-7,9-10H2,1H3,(H,16,17). The van der Waals surface area contributed by atoms with E-state index in [-0.39, 0.29) is 12.0 Å². The third-order valence-corrected chi connectivity index (χ3v) is 4.96. The molecule has 1 aromatic heterocycles. The Bertz CT molecular complexity index is 403. The van der Waals surface area contributed by atoms with Gasteiger partial charge in [0.25, 0.3) is 0 Å². The average Bonchev–Trinajstić information content (AvgIpc) is 2.41. The first-order valence-corrected chi connectivity index (χ1v) is 7.42. The molecular formula is C14H21BrN2O. The summed E-state index contributed by atoms with van der Waals surface area (Å²) in [5, 5.41) is 13.1. The molecule has 1 heterocycles. The van der Waals surface area contributed by atoms with E-state index in [1.165, 1.54) is 24.8 Å². The summed E-state index contributed by atoms with van der Waals surface area (Å²) in [5.41, 5.74) is 1.22. The van der Waals surface area contributed by atoms with Crippen molar-refractivity contribution in [2.45, 2.75) is 39.0 Å². The molecule has 2 N–H and O–H groups in total. The Balaban J connectivity index is 2.03. The number of hydrogen-bond acceptors (Lipinski definition) is 3. The van der Waals surface area contributed by atoms with Crippen LogP contribution >= 0.6 is 15.9 Å². The van der Waals surface area contributed by atoms with Crippen LogP contribution in [0.2, 0.25) is 0 Å². The van der Waals surface area contributed by atoms with Crippen molar-refractivity contribution in [3.8, 4) is 0 Å². The molecular weight excluding hydrogens is 292 g/mol. The number of pyridine rings is 1. The highest BCUT2D eigenvalue weighted by Crippen LogP contribution is 2.36. The fourth-order valence-corrected chi connectivity index (χ4v) is 3.00. The van der Waals surface area contributed by atoms with Crippen molar-refractivity contribution in [3.63, 3.8) is 0 Å². The maximum atomic E-state index is 9.67. The molecule has 2 rings (SSSR count). The van der Waals surface area contributed by atoms with Crippen molar-refractivity contribution >= 4 is 21.7 Å². The van der Waals surface area contributed by atoms with Gasteiger partial charge in [0.1, 0.15) is 5.82 Å². The Labute approximate surface area is 117 Å². The van der Waals surface area contributed by atoms with Crippen LogP contribution in [0.5, 0.6) is 0 Å². The zero-order valence-electron chi connectivity index (χ0n) is 10.9. The van der Waals surface area contributed by atoms with Crippen LogP contribution in [-0.4, -0.2) is 23.2 Å². The molecule has 0 spiro atoms. The fraction of sp³-hybridized carbons (Fsp3) is 0.643. The van der Waals surface area contributed by atoms with E-state index in [4.69, 9.17) is 0 Å². The zero-order chi connectivity index (χ0) is 13.0. The minimum atomic E-state index is 0.0448. The van der Waals surface area contributed by atoms with Gasteiger partial charge in [-0.3, -0.25) is 0 Å². The highest BCUT2D eigenvalue weighted by Gasteiger charge is 2.31. The molecule has 1 aromatic rings. The van der Waals surface area contributed by atoms with Crippen molar-refractivity contribution in [1.29, 1.82) is 0 Å². The molecule has 1 saturated carbocycles. The summed E-state index contributed by atoms with van der Waals surface area (Å²) in [4.78, 5) is 4.35. The van der Waals surface area contributed by atoms with Crippen LogP contribution in [-0.2, 0) is 0 Å². The number of nitrogens with zero attached hydrogens (tertiary/aromatic N) is 1. The first-order valence-electron chi connectivity index (χ1n) is 6.63. The number of nitrogens with one attached hydrogen (secondary N) is 1. The summed E-state index contributed by atoms with van der Waals surface area (Å²) < 4.78 is 1.02. The molecule has 0 bridgehead atoms. The SMILES string of the molecule is Cc1ccnc(NCC2(CO)CCCCC2)c1Br. The van der Waals surface area contributed by atoms with Crippen LogP contribution in [0.25, 0.3) is 0 Å². The molecule has 1 aliphatic rings.